The number of sulfone groups is 1. The number of hydrogen-bond acceptors (Lipinski definition) is 3. The van der Waals surface area contributed by atoms with Gasteiger partial charge in [0.25, 0.3) is 0 Å². The molecule has 4 aromatic rings. The molecule has 0 aliphatic carbocycles. The lowest BCUT2D eigenvalue weighted by molar-refractivity contribution is 0.596. The molecule has 26 heavy (non-hydrogen) atoms. The van der Waals surface area contributed by atoms with E-state index in [4.69, 9.17) is 5.73 Å². The average molecular weight is 364 g/mol. The van der Waals surface area contributed by atoms with E-state index in [9.17, 15) is 8.42 Å². The summed E-state index contributed by atoms with van der Waals surface area (Å²) in [6.07, 6.45) is 0.714. The molecule has 0 amide bonds. The molecule has 0 saturated carbocycles. The standard InChI is InChI=1S/C21H20N2O2S/c1-14-19(10-11-22)20-13-18(8-9-21(20)23-14)26(24,25)17-7-6-15-4-2-3-5-16(15)12-17/h2-9,12-13,23H,10-11,22H2,1H3. The summed E-state index contributed by atoms with van der Waals surface area (Å²) in [7, 11) is -3.59. The Morgan fingerprint density at radius 2 is 1.62 bits per heavy atom. The van der Waals surface area contributed by atoms with Crippen molar-refractivity contribution in [1.82, 2.24) is 4.98 Å². The summed E-state index contributed by atoms with van der Waals surface area (Å²) in [6.45, 7) is 2.51. The number of aromatic nitrogens is 1. The molecule has 0 spiro atoms. The monoisotopic (exact) mass is 364 g/mol. The third kappa shape index (κ3) is 2.69. The van der Waals surface area contributed by atoms with Crippen molar-refractivity contribution in [2.24, 2.45) is 5.73 Å². The minimum Gasteiger partial charge on any atom is -0.358 e. The maximum absolute atomic E-state index is 13.2. The van der Waals surface area contributed by atoms with E-state index in [1.807, 2.05) is 43.3 Å². The van der Waals surface area contributed by atoms with E-state index < -0.39 is 9.84 Å². The lowest BCUT2D eigenvalue weighted by Gasteiger charge is -2.07. The smallest absolute Gasteiger partial charge is 0.206 e. The number of H-pyrrole nitrogens is 1. The first-order chi connectivity index (χ1) is 12.5. The van der Waals surface area contributed by atoms with Crippen molar-refractivity contribution in [3.8, 4) is 0 Å². The third-order valence-electron chi connectivity index (χ3n) is 4.83. The van der Waals surface area contributed by atoms with Crippen LogP contribution in [0.3, 0.4) is 0 Å². The van der Waals surface area contributed by atoms with Crippen LogP contribution in [0.25, 0.3) is 21.7 Å². The second kappa shape index (κ2) is 6.27. The van der Waals surface area contributed by atoms with Gasteiger partial charge in [0, 0.05) is 16.6 Å². The van der Waals surface area contributed by atoms with Crippen molar-refractivity contribution in [3.05, 3.63) is 71.9 Å². The van der Waals surface area contributed by atoms with Crippen LogP contribution in [0.2, 0.25) is 0 Å². The van der Waals surface area contributed by atoms with Gasteiger partial charge >= 0.3 is 0 Å². The molecule has 0 saturated heterocycles. The molecule has 0 radical (unpaired) electrons. The lowest BCUT2D eigenvalue weighted by atomic mass is 10.1. The van der Waals surface area contributed by atoms with Crippen LogP contribution in [-0.4, -0.2) is 19.9 Å². The van der Waals surface area contributed by atoms with Crippen molar-refractivity contribution in [2.45, 2.75) is 23.1 Å². The highest BCUT2D eigenvalue weighted by atomic mass is 32.2. The second-order valence-electron chi connectivity index (χ2n) is 6.49. The summed E-state index contributed by atoms with van der Waals surface area (Å²) in [5.74, 6) is 0. The molecule has 5 heteroatoms. The fourth-order valence-electron chi connectivity index (χ4n) is 3.47. The largest absolute Gasteiger partial charge is 0.358 e. The van der Waals surface area contributed by atoms with E-state index in [1.54, 1.807) is 24.3 Å². The molecular weight excluding hydrogens is 344 g/mol. The minimum atomic E-state index is -3.59. The first-order valence-corrected chi connectivity index (χ1v) is 10.0. The lowest BCUT2D eigenvalue weighted by Crippen LogP contribution is -2.04. The van der Waals surface area contributed by atoms with Crippen LogP contribution in [-0.2, 0) is 16.3 Å². The zero-order chi connectivity index (χ0) is 18.3. The molecule has 3 aromatic carbocycles. The van der Waals surface area contributed by atoms with Crippen molar-refractivity contribution in [1.29, 1.82) is 0 Å². The summed E-state index contributed by atoms with van der Waals surface area (Å²) < 4.78 is 26.3. The Bertz CT molecular complexity index is 1220. The van der Waals surface area contributed by atoms with Gasteiger partial charge < -0.3 is 10.7 Å². The molecule has 0 aliphatic heterocycles. The summed E-state index contributed by atoms with van der Waals surface area (Å²) in [4.78, 5) is 3.92. The summed E-state index contributed by atoms with van der Waals surface area (Å²) >= 11 is 0. The first kappa shape index (κ1) is 16.8. The number of rotatable bonds is 4. The Labute approximate surface area is 152 Å². The van der Waals surface area contributed by atoms with E-state index in [0.717, 1.165) is 32.9 Å². The zero-order valence-electron chi connectivity index (χ0n) is 14.5. The average Bonchev–Trinajstić information content (AvgIpc) is 2.96. The number of benzene rings is 3. The maximum atomic E-state index is 13.2. The molecule has 0 bridgehead atoms. The van der Waals surface area contributed by atoms with Gasteiger partial charge in [0.05, 0.1) is 9.79 Å². The topological polar surface area (TPSA) is 76.0 Å². The molecule has 1 aromatic heterocycles. The fourth-order valence-corrected chi connectivity index (χ4v) is 4.79. The summed E-state index contributed by atoms with van der Waals surface area (Å²) in [6, 6.07) is 18.2. The Morgan fingerprint density at radius 3 is 2.38 bits per heavy atom. The number of fused-ring (bicyclic) bond motifs is 2. The van der Waals surface area contributed by atoms with Gasteiger partial charge in [0.1, 0.15) is 0 Å². The van der Waals surface area contributed by atoms with Crippen molar-refractivity contribution >= 4 is 31.5 Å². The highest BCUT2D eigenvalue weighted by Crippen LogP contribution is 2.29. The SMILES string of the molecule is Cc1[nH]c2ccc(S(=O)(=O)c3ccc4ccccc4c3)cc2c1CCN. The van der Waals surface area contributed by atoms with Gasteiger partial charge in [-0.3, -0.25) is 0 Å². The zero-order valence-corrected chi connectivity index (χ0v) is 15.3. The Hall–Kier alpha value is -2.63. The highest BCUT2D eigenvalue weighted by molar-refractivity contribution is 7.91. The van der Waals surface area contributed by atoms with Crippen LogP contribution < -0.4 is 5.73 Å². The van der Waals surface area contributed by atoms with Crippen LogP contribution in [0.1, 0.15) is 11.3 Å². The number of nitrogens with two attached hydrogens (primary N) is 1. The normalized spacial score (nSPS) is 12.1. The fraction of sp³-hybridized carbons (Fsp3) is 0.143. The summed E-state index contributed by atoms with van der Waals surface area (Å²) in [5.41, 5.74) is 8.76. The van der Waals surface area contributed by atoms with Gasteiger partial charge in [-0.15, -0.1) is 0 Å². The van der Waals surface area contributed by atoms with E-state index in [-0.39, 0.29) is 0 Å². The highest BCUT2D eigenvalue weighted by Gasteiger charge is 2.20. The van der Waals surface area contributed by atoms with Crippen LogP contribution in [0, 0.1) is 6.92 Å². The minimum absolute atomic E-state index is 0.303. The quantitative estimate of drug-likeness (QED) is 0.575. The molecule has 4 rings (SSSR count). The van der Waals surface area contributed by atoms with Crippen LogP contribution in [0.15, 0.2) is 70.5 Å². The molecule has 0 fully saturated rings. The Kier molecular flexibility index (Phi) is 4.05. The van der Waals surface area contributed by atoms with Crippen molar-refractivity contribution < 1.29 is 8.42 Å². The van der Waals surface area contributed by atoms with Gasteiger partial charge in [-0.2, -0.15) is 0 Å². The first-order valence-electron chi connectivity index (χ1n) is 8.56. The van der Waals surface area contributed by atoms with E-state index in [0.29, 0.717) is 22.8 Å². The molecular formula is C21H20N2O2S. The predicted molar refractivity (Wildman–Crippen MR) is 105 cm³/mol. The van der Waals surface area contributed by atoms with Gasteiger partial charge in [-0.25, -0.2) is 8.42 Å². The second-order valence-corrected chi connectivity index (χ2v) is 8.44. The molecule has 4 nitrogen and oxygen atoms in total. The predicted octanol–water partition coefficient (Wildman–Crippen LogP) is 3.96. The Balaban J connectivity index is 1.87. The Morgan fingerprint density at radius 1 is 0.923 bits per heavy atom. The molecule has 0 unspecified atom stereocenters. The molecule has 132 valence electrons. The van der Waals surface area contributed by atoms with Crippen molar-refractivity contribution in [3.63, 3.8) is 0 Å². The van der Waals surface area contributed by atoms with Crippen molar-refractivity contribution in [2.75, 3.05) is 6.54 Å². The van der Waals surface area contributed by atoms with Gasteiger partial charge in [0.15, 0.2) is 0 Å². The molecule has 0 aliphatic rings. The molecule has 1 heterocycles. The van der Waals surface area contributed by atoms with E-state index in [2.05, 4.69) is 4.98 Å². The number of aryl methyl sites for hydroxylation is 1. The molecule has 0 atom stereocenters. The maximum Gasteiger partial charge on any atom is 0.206 e. The van der Waals surface area contributed by atoms with Crippen LogP contribution >= 0.6 is 0 Å². The van der Waals surface area contributed by atoms with E-state index >= 15 is 0 Å². The third-order valence-corrected chi connectivity index (χ3v) is 6.58. The summed E-state index contributed by atoms with van der Waals surface area (Å²) in [5, 5.41) is 2.86. The number of aromatic amines is 1. The molecule has 3 N–H and O–H groups in total. The number of nitrogens with one attached hydrogen (secondary N) is 1. The van der Waals surface area contributed by atoms with Crippen LogP contribution in [0.4, 0.5) is 0 Å². The number of hydrogen-bond donors (Lipinski definition) is 2. The van der Waals surface area contributed by atoms with Gasteiger partial charge in [-0.05, 0) is 66.6 Å². The van der Waals surface area contributed by atoms with Gasteiger partial charge in [-0.1, -0.05) is 30.3 Å². The van der Waals surface area contributed by atoms with Crippen LogP contribution in [0.5, 0.6) is 0 Å². The van der Waals surface area contributed by atoms with E-state index in [1.165, 1.54) is 0 Å². The van der Waals surface area contributed by atoms with Gasteiger partial charge in [0.2, 0.25) is 9.84 Å².